The van der Waals surface area contributed by atoms with E-state index in [1.807, 2.05) is 36.4 Å². The third-order valence-electron chi connectivity index (χ3n) is 4.16. The van der Waals surface area contributed by atoms with E-state index in [0.29, 0.717) is 5.75 Å². The summed E-state index contributed by atoms with van der Waals surface area (Å²) < 4.78 is 5.80. The van der Waals surface area contributed by atoms with Gasteiger partial charge in [0.05, 0.1) is 0 Å². The molecule has 24 heavy (non-hydrogen) atoms. The number of phenols is 1. The summed E-state index contributed by atoms with van der Waals surface area (Å²) in [7, 11) is 0. The maximum absolute atomic E-state index is 9.28. The van der Waals surface area contributed by atoms with Gasteiger partial charge in [0.2, 0.25) is 0 Å². The Balaban J connectivity index is 0.00000208. The van der Waals surface area contributed by atoms with Crippen LogP contribution in [0.15, 0.2) is 48.5 Å². The molecule has 1 saturated heterocycles. The van der Waals surface area contributed by atoms with Crippen molar-refractivity contribution in [3.63, 3.8) is 0 Å². The highest BCUT2D eigenvalue weighted by Crippen LogP contribution is 2.17. The topological polar surface area (TPSA) is 44.7 Å². The summed E-state index contributed by atoms with van der Waals surface area (Å²) in [5.41, 5.74) is 2.19. The van der Waals surface area contributed by atoms with E-state index in [9.17, 15) is 5.11 Å². The molecule has 0 aromatic heterocycles. The van der Waals surface area contributed by atoms with Crippen LogP contribution in [0.2, 0.25) is 0 Å². The molecule has 1 fully saturated rings. The van der Waals surface area contributed by atoms with Crippen molar-refractivity contribution in [1.82, 2.24) is 4.90 Å². The lowest BCUT2D eigenvalue weighted by atomic mass is 10.2. The normalized spacial score (nSPS) is 14.2. The fourth-order valence-corrected chi connectivity index (χ4v) is 2.79. The number of phenolic OH excluding ortho intramolecular Hbond substituents is 1. The molecule has 0 bridgehead atoms. The highest BCUT2D eigenvalue weighted by atomic mass is 35.5. The molecular weight excluding hydrogens is 324 g/mol. The van der Waals surface area contributed by atoms with Crippen molar-refractivity contribution in [3.8, 4) is 11.5 Å². The summed E-state index contributed by atoms with van der Waals surface area (Å²) >= 11 is 0. The van der Waals surface area contributed by atoms with E-state index in [0.717, 1.165) is 36.7 Å². The van der Waals surface area contributed by atoms with E-state index in [-0.39, 0.29) is 12.4 Å². The summed E-state index contributed by atoms with van der Waals surface area (Å²) in [6, 6.07) is 15.3. The van der Waals surface area contributed by atoms with Gasteiger partial charge in [-0.15, -0.1) is 12.4 Å². The van der Waals surface area contributed by atoms with Crippen LogP contribution in [0.1, 0.15) is 18.4 Å². The number of anilines is 1. The second-order valence-electron chi connectivity index (χ2n) is 5.94. The first-order chi connectivity index (χ1) is 11.3. The molecule has 2 aromatic carbocycles. The number of benzene rings is 2. The Bertz CT molecular complexity index is 596. The van der Waals surface area contributed by atoms with Gasteiger partial charge in [-0.2, -0.15) is 0 Å². The van der Waals surface area contributed by atoms with Crippen LogP contribution in [-0.4, -0.2) is 36.2 Å². The van der Waals surface area contributed by atoms with Crippen LogP contribution in [-0.2, 0) is 6.54 Å². The monoisotopic (exact) mass is 348 g/mol. The van der Waals surface area contributed by atoms with Crippen molar-refractivity contribution in [1.29, 1.82) is 0 Å². The van der Waals surface area contributed by atoms with E-state index >= 15 is 0 Å². The predicted molar refractivity (Wildman–Crippen MR) is 100 cm³/mol. The van der Waals surface area contributed by atoms with Crippen LogP contribution in [0, 0.1) is 0 Å². The molecule has 4 nitrogen and oxygen atoms in total. The number of likely N-dealkylation sites (tertiary alicyclic amines) is 1. The minimum absolute atomic E-state index is 0. The zero-order valence-electron chi connectivity index (χ0n) is 13.8. The highest BCUT2D eigenvalue weighted by molar-refractivity contribution is 5.85. The van der Waals surface area contributed by atoms with Gasteiger partial charge >= 0.3 is 0 Å². The number of nitrogens with one attached hydrogen (secondary N) is 1. The number of rotatable bonds is 7. The van der Waals surface area contributed by atoms with Crippen LogP contribution < -0.4 is 10.1 Å². The fraction of sp³-hybridized carbons (Fsp3) is 0.368. The van der Waals surface area contributed by atoms with E-state index in [1.54, 1.807) is 12.1 Å². The first-order valence-electron chi connectivity index (χ1n) is 8.26. The number of halogens is 1. The van der Waals surface area contributed by atoms with E-state index in [4.69, 9.17) is 4.74 Å². The molecular formula is C19H25ClN2O2. The maximum Gasteiger partial charge on any atom is 0.119 e. The minimum Gasteiger partial charge on any atom is -0.508 e. The highest BCUT2D eigenvalue weighted by Gasteiger charge is 2.10. The van der Waals surface area contributed by atoms with Crippen LogP contribution in [0.25, 0.3) is 0 Å². The summed E-state index contributed by atoms with van der Waals surface area (Å²) in [6.45, 7) is 4.92. The molecule has 0 spiro atoms. The Labute approximate surface area is 149 Å². The Hall–Kier alpha value is -1.91. The third-order valence-corrected chi connectivity index (χ3v) is 4.16. The number of ether oxygens (including phenoxy) is 1. The second kappa shape index (κ2) is 9.40. The average Bonchev–Trinajstić information content (AvgIpc) is 3.09. The van der Waals surface area contributed by atoms with Gasteiger partial charge in [0.15, 0.2) is 0 Å². The van der Waals surface area contributed by atoms with Gasteiger partial charge in [0.1, 0.15) is 18.1 Å². The molecule has 0 amide bonds. The van der Waals surface area contributed by atoms with Crippen molar-refractivity contribution in [2.45, 2.75) is 19.4 Å². The van der Waals surface area contributed by atoms with Gasteiger partial charge in [-0.05, 0) is 67.9 Å². The van der Waals surface area contributed by atoms with Crippen LogP contribution in [0.5, 0.6) is 11.5 Å². The molecule has 0 unspecified atom stereocenters. The third kappa shape index (κ3) is 5.62. The molecule has 2 aromatic rings. The molecule has 0 saturated carbocycles. The average molecular weight is 349 g/mol. The molecule has 3 rings (SSSR count). The van der Waals surface area contributed by atoms with Crippen molar-refractivity contribution in [2.75, 3.05) is 31.6 Å². The molecule has 0 atom stereocenters. The lowest BCUT2D eigenvalue weighted by Crippen LogP contribution is -2.25. The van der Waals surface area contributed by atoms with E-state index < -0.39 is 0 Å². The van der Waals surface area contributed by atoms with Crippen LogP contribution >= 0.6 is 12.4 Å². The van der Waals surface area contributed by atoms with Gasteiger partial charge < -0.3 is 15.2 Å². The smallest absolute Gasteiger partial charge is 0.119 e. The molecule has 130 valence electrons. The standard InChI is InChI=1S/C19H24N2O2.ClH/c22-18-7-3-16(4-8-18)15-20-17-5-9-19(10-6-17)23-14-13-21-11-1-2-12-21;/h3-10,20,22H,1-2,11-15H2;1H. The lowest BCUT2D eigenvalue weighted by Gasteiger charge is -2.15. The zero-order valence-corrected chi connectivity index (χ0v) is 14.6. The van der Waals surface area contributed by atoms with Crippen LogP contribution in [0.4, 0.5) is 5.69 Å². The molecule has 0 radical (unpaired) electrons. The Morgan fingerprint density at radius 1 is 0.958 bits per heavy atom. The predicted octanol–water partition coefficient (Wildman–Crippen LogP) is 3.90. The Kier molecular flexibility index (Phi) is 7.22. The van der Waals surface area contributed by atoms with E-state index in [2.05, 4.69) is 10.2 Å². The summed E-state index contributed by atoms with van der Waals surface area (Å²) in [4.78, 5) is 2.45. The minimum atomic E-state index is 0. The van der Waals surface area contributed by atoms with Gasteiger partial charge in [-0.25, -0.2) is 0 Å². The quantitative estimate of drug-likeness (QED) is 0.796. The second-order valence-corrected chi connectivity index (χ2v) is 5.94. The largest absolute Gasteiger partial charge is 0.508 e. The summed E-state index contributed by atoms with van der Waals surface area (Å²) in [5, 5.41) is 12.6. The first kappa shape index (κ1) is 18.4. The van der Waals surface area contributed by atoms with Crippen molar-refractivity contribution < 1.29 is 9.84 Å². The lowest BCUT2D eigenvalue weighted by molar-refractivity contribution is 0.238. The van der Waals surface area contributed by atoms with Crippen LogP contribution in [0.3, 0.4) is 0 Å². The van der Waals surface area contributed by atoms with Gasteiger partial charge in [0.25, 0.3) is 0 Å². The summed E-state index contributed by atoms with van der Waals surface area (Å²) in [6.07, 6.45) is 2.64. The van der Waals surface area contributed by atoms with Crippen molar-refractivity contribution >= 4 is 18.1 Å². The van der Waals surface area contributed by atoms with E-state index in [1.165, 1.54) is 25.9 Å². The summed E-state index contributed by atoms with van der Waals surface area (Å²) in [5.74, 6) is 1.21. The fourth-order valence-electron chi connectivity index (χ4n) is 2.79. The van der Waals surface area contributed by atoms with Crippen molar-refractivity contribution in [2.24, 2.45) is 0 Å². The molecule has 2 N–H and O–H groups in total. The number of nitrogens with zero attached hydrogens (tertiary/aromatic N) is 1. The number of hydrogen-bond acceptors (Lipinski definition) is 4. The number of hydrogen-bond donors (Lipinski definition) is 2. The molecule has 5 heteroatoms. The molecule has 1 aliphatic rings. The van der Waals surface area contributed by atoms with Gasteiger partial charge in [0, 0.05) is 18.8 Å². The molecule has 1 aliphatic heterocycles. The zero-order chi connectivity index (χ0) is 15.9. The number of aromatic hydroxyl groups is 1. The van der Waals surface area contributed by atoms with Gasteiger partial charge in [-0.1, -0.05) is 12.1 Å². The van der Waals surface area contributed by atoms with Gasteiger partial charge in [-0.3, -0.25) is 4.90 Å². The Morgan fingerprint density at radius 3 is 2.29 bits per heavy atom. The molecule has 0 aliphatic carbocycles. The first-order valence-corrected chi connectivity index (χ1v) is 8.26. The van der Waals surface area contributed by atoms with Crippen molar-refractivity contribution in [3.05, 3.63) is 54.1 Å². The Morgan fingerprint density at radius 2 is 1.62 bits per heavy atom. The molecule has 1 heterocycles. The maximum atomic E-state index is 9.28. The SMILES string of the molecule is Cl.Oc1ccc(CNc2ccc(OCCN3CCCC3)cc2)cc1.